The standard InChI is InChI=1S/C15H22N2O2/c1-10(2)7-13-5-4-6-17(13)15(19)12-8-11(3)16-14(18)9-12/h8-10,13H,4-7H2,1-3H3,(H,16,18). The van der Waals surface area contributed by atoms with Gasteiger partial charge in [-0.3, -0.25) is 9.59 Å². The summed E-state index contributed by atoms with van der Waals surface area (Å²) < 4.78 is 0. The highest BCUT2D eigenvalue weighted by atomic mass is 16.2. The molecule has 0 saturated carbocycles. The minimum Gasteiger partial charge on any atom is -0.336 e. The van der Waals surface area contributed by atoms with Gasteiger partial charge in [0.1, 0.15) is 0 Å². The highest BCUT2D eigenvalue weighted by Crippen LogP contribution is 2.25. The molecule has 0 aromatic carbocycles. The van der Waals surface area contributed by atoms with Crippen molar-refractivity contribution in [2.24, 2.45) is 5.92 Å². The molecule has 1 amide bonds. The minimum atomic E-state index is -0.206. The van der Waals surface area contributed by atoms with E-state index in [1.165, 1.54) is 6.07 Å². The summed E-state index contributed by atoms with van der Waals surface area (Å²) in [5.41, 5.74) is 1.04. The van der Waals surface area contributed by atoms with Crippen LogP contribution in [0.2, 0.25) is 0 Å². The van der Waals surface area contributed by atoms with Crippen LogP contribution in [0.25, 0.3) is 0 Å². The number of aromatic amines is 1. The van der Waals surface area contributed by atoms with E-state index in [4.69, 9.17) is 0 Å². The molecule has 1 aromatic heterocycles. The molecule has 1 atom stereocenters. The molecule has 0 bridgehead atoms. The second-order valence-corrected chi connectivity index (χ2v) is 5.84. The monoisotopic (exact) mass is 262 g/mol. The Morgan fingerprint density at radius 3 is 2.84 bits per heavy atom. The first-order chi connectivity index (χ1) is 8.97. The van der Waals surface area contributed by atoms with E-state index in [9.17, 15) is 9.59 Å². The Kier molecular flexibility index (Phi) is 4.08. The van der Waals surface area contributed by atoms with E-state index >= 15 is 0 Å². The smallest absolute Gasteiger partial charge is 0.254 e. The molecule has 0 aliphatic carbocycles. The summed E-state index contributed by atoms with van der Waals surface area (Å²) in [5.74, 6) is 0.580. The van der Waals surface area contributed by atoms with Crippen LogP contribution >= 0.6 is 0 Å². The summed E-state index contributed by atoms with van der Waals surface area (Å²) in [6.45, 7) is 6.96. The van der Waals surface area contributed by atoms with Crippen LogP contribution in [-0.4, -0.2) is 28.4 Å². The Morgan fingerprint density at radius 2 is 2.21 bits per heavy atom. The van der Waals surface area contributed by atoms with Crippen LogP contribution in [0.4, 0.5) is 0 Å². The van der Waals surface area contributed by atoms with Crippen LogP contribution in [0.1, 0.15) is 49.2 Å². The van der Waals surface area contributed by atoms with Crippen LogP contribution in [0.15, 0.2) is 16.9 Å². The van der Waals surface area contributed by atoms with Crippen molar-refractivity contribution in [1.82, 2.24) is 9.88 Å². The second-order valence-electron chi connectivity index (χ2n) is 5.84. The third-order valence-corrected chi connectivity index (χ3v) is 3.61. The van der Waals surface area contributed by atoms with Gasteiger partial charge in [-0.2, -0.15) is 0 Å². The molecule has 1 fully saturated rings. The van der Waals surface area contributed by atoms with E-state index < -0.39 is 0 Å². The number of carbonyl (C=O) groups excluding carboxylic acids is 1. The molecule has 1 saturated heterocycles. The van der Waals surface area contributed by atoms with Crippen LogP contribution in [-0.2, 0) is 0 Å². The summed E-state index contributed by atoms with van der Waals surface area (Å²) in [6, 6.07) is 3.49. The van der Waals surface area contributed by atoms with Gasteiger partial charge < -0.3 is 9.88 Å². The molecule has 2 heterocycles. The van der Waals surface area contributed by atoms with Gasteiger partial charge >= 0.3 is 0 Å². The highest BCUT2D eigenvalue weighted by Gasteiger charge is 2.29. The van der Waals surface area contributed by atoms with Crippen LogP contribution in [0.5, 0.6) is 0 Å². The fraction of sp³-hybridized carbons (Fsp3) is 0.600. The third-order valence-electron chi connectivity index (χ3n) is 3.61. The number of aryl methyl sites for hydroxylation is 1. The molecule has 1 aliphatic heterocycles. The molecular formula is C15H22N2O2. The second kappa shape index (κ2) is 5.59. The number of H-pyrrole nitrogens is 1. The van der Waals surface area contributed by atoms with Gasteiger partial charge in [0.2, 0.25) is 5.56 Å². The van der Waals surface area contributed by atoms with Crippen molar-refractivity contribution in [2.75, 3.05) is 6.54 Å². The quantitative estimate of drug-likeness (QED) is 0.909. The lowest BCUT2D eigenvalue weighted by Gasteiger charge is -2.26. The van der Waals surface area contributed by atoms with Gasteiger partial charge in [-0.15, -0.1) is 0 Å². The molecule has 4 heteroatoms. The Balaban J connectivity index is 2.20. The van der Waals surface area contributed by atoms with Gasteiger partial charge in [0, 0.05) is 29.9 Å². The lowest BCUT2D eigenvalue weighted by atomic mass is 10.0. The van der Waals surface area contributed by atoms with Crippen molar-refractivity contribution in [2.45, 2.75) is 46.1 Å². The van der Waals surface area contributed by atoms with E-state index in [2.05, 4.69) is 18.8 Å². The molecule has 2 rings (SSSR count). The molecule has 4 nitrogen and oxygen atoms in total. The number of hydrogen-bond acceptors (Lipinski definition) is 2. The Morgan fingerprint density at radius 1 is 1.47 bits per heavy atom. The van der Waals surface area contributed by atoms with Gasteiger partial charge in [-0.05, 0) is 38.2 Å². The minimum absolute atomic E-state index is 0.00245. The maximum Gasteiger partial charge on any atom is 0.254 e. The Hall–Kier alpha value is -1.58. The Bertz CT molecular complexity index is 519. The van der Waals surface area contributed by atoms with Crippen molar-refractivity contribution in [3.8, 4) is 0 Å². The van der Waals surface area contributed by atoms with Gasteiger partial charge in [0.15, 0.2) is 0 Å². The molecule has 104 valence electrons. The number of amides is 1. The fourth-order valence-electron chi connectivity index (χ4n) is 2.86. The predicted octanol–water partition coefficient (Wildman–Crippen LogP) is 2.33. The lowest BCUT2D eigenvalue weighted by Crippen LogP contribution is -2.36. The van der Waals surface area contributed by atoms with Crippen LogP contribution < -0.4 is 5.56 Å². The summed E-state index contributed by atoms with van der Waals surface area (Å²) in [6.07, 6.45) is 3.17. The van der Waals surface area contributed by atoms with E-state index in [0.717, 1.165) is 31.5 Å². The molecule has 1 aromatic rings. The van der Waals surface area contributed by atoms with Crippen LogP contribution in [0, 0.1) is 12.8 Å². The molecular weight excluding hydrogens is 240 g/mol. The number of hydrogen-bond donors (Lipinski definition) is 1. The summed E-state index contributed by atoms with van der Waals surface area (Å²) in [5, 5.41) is 0. The zero-order valence-corrected chi connectivity index (χ0v) is 11.9. The van der Waals surface area contributed by atoms with Gasteiger partial charge in [0.05, 0.1) is 0 Å². The molecule has 1 aliphatic rings. The summed E-state index contributed by atoms with van der Waals surface area (Å²) in [7, 11) is 0. The number of pyridine rings is 1. The van der Waals surface area contributed by atoms with E-state index in [1.807, 2.05) is 4.90 Å². The van der Waals surface area contributed by atoms with Gasteiger partial charge in [-0.1, -0.05) is 13.8 Å². The number of carbonyl (C=O) groups is 1. The first kappa shape index (κ1) is 13.8. The highest BCUT2D eigenvalue weighted by molar-refractivity contribution is 5.94. The first-order valence-electron chi connectivity index (χ1n) is 6.99. The molecule has 0 radical (unpaired) electrons. The fourth-order valence-corrected chi connectivity index (χ4v) is 2.86. The SMILES string of the molecule is Cc1cc(C(=O)N2CCCC2CC(C)C)cc(=O)[nH]1. The third kappa shape index (κ3) is 3.25. The number of nitrogens with one attached hydrogen (secondary N) is 1. The van der Waals surface area contributed by atoms with E-state index in [-0.39, 0.29) is 11.5 Å². The van der Waals surface area contributed by atoms with Crippen molar-refractivity contribution in [3.63, 3.8) is 0 Å². The lowest BCUT2D eigenvalue weighted by molar-refractivity contribution is 0.0721. The zero-order valence-electron chi connectivity index (χ0n) is 11.9. The maximum absolute atomic E-state index is 12.5. The molecule has 1 N–H and O–H groups in total. The van der Waals surface area contributed by atoms with Gasteiger partial charge in [0.25, 0.3) is 5.91 Å². The number of aromatic nitrogens is 1. The molecule has 19 heavy (non-hydrogen) atoms. The summed E-state index contributed by atoms with van der Waals surface area (Å²) in [4.78, 5) is 28.6. The van der Waals surface area contributed by atoms with Crippen LogP contribution in [0.3, 0.4) is 0 Å². The number of nitrogens with zero attached hydrogens (tertiary/aromatic N) is 1. The van der Waals surface area contributed by atoms with E-state index in [1.54, 1.807) is 13.0 Å². The molecule has 0 spiro atoms. The zero-order chi connectivity index (χ0) is 14.0. The van der Waals surface area contributed by atoms with Crippen molar-refractivity contribution >= 4 is 5.91 Å². The average molecular weight is 262 g/mol. The first-order valence-corrected chi connectivity index (χ1v) is 6.99. The van der Waals surface area contributed by atoms with Crippen molar-refractivity contribution in [1.29, 1.82) is 0 Å². The summed E-state index contributed by atoms with van der Waals surface area (Å²) >= 11 is 0. The maximum atomic E-state index is 12.5. The normalized spacial score (nSPS) is 19.2. The van der Waals surface area contributed by atoms with E-state index in [0.29, 0.717) is 17.5 Å². The molecule has 1 unspecified atom stereocenters. The number of rotatable bonds is 3. The topological polar surface area (TPSA) is 53.2 Å². The van der Waals surface area contributed by atoms with Gasteiger partial charge in [-0.25, -0.2) is 0 Å². The predicted molar refractivity (Wildman–Crippen MR) is 75.3 cm³/mol. The van der Waals surface area contributed by atoms with Crippen molar-refractivity contribution in [3.05, 3.63) is 33.7 Å². The largest absolute Gasteiger partial charge is 0.336 e. The number of likely N-dealkylation sites (tertiary alicyclic amines) is 1. The van der Waals surface area contributed by atoms with Crippen molar-refractivity contribution < 1.29 is 4.79 Å². The average Bonchev–Trinajstić information content (AvgIpc) is 2.73. The Labute approximate surface area is 113 Å².